The molecule has 1 fully saturated rings. The molecule has 1 aromatic rings. The Bertz CT molecular complexity index is 585. The number of amides is 1. The molecule has 1 aromatic carbocycles. The molecule has 0 atom stereocenters. The maximum absolute atomic E-state index is 12.1. The number of aliphatic hydroxyl groups excluding tert-OH is 1. The predicted octanol–water partition coefficient (Wildman–Crippen LogP) is 0.735. The normalized spacial score (nSPS) is 17.6. The third kappa shape index (κ3) is 2.96. The largest absolute Gasteiger partial charge is 0.394 e. The van der Waals surface area contributed by atoms with E-state index >= 15 is 0 Å². The molecule has 0 saturated heterocycles. The van der Waals surface area contributed by atoms with Crippen molar-refractivity contribution in [3.8, 4) is 0 Å². The maximum Gasteiger partial charge on any atom is 0.251 e. The lowest BCUT2D eigenvalue weighted by Crippen LogP contribution is -2.56. The minimum Gasteiger partial charge on any atom is -0.394 e. The molecule has 0 aromatic heterocycles. The van der Waals surface area contributed by atoms with Gasteiger partial charge in [0.25, 0.3) is 5.91 Å². The molecule has 1 saturated carbocycles. The molecule has 0 bridgehead atoms. The molecule has 0 unspecified atom stereocenters. The highest BCUT2D eigenvalue weighted by Gasteiger charge is 2.37. The number of carbonyl (C=O) groups excluding carboxylic acids is 1. The number of nitrogens with one attached hydrogen (secondary N) is 1. The molecule has 1 amide bonds. The molecule has 1 aliphatic carbocycles. The van der Waals surface area contributed by atoms with Crippen LogP contribution in [-0.4, -0.2) is 37.8 Å². The van der Waals surface area contributed by atoms with Crippen molar-refractivity contribution in [2.24, 2.45) is 0 Å². The highest BCUT2D eigenvalue weighted by Crippen LogP contribution is 2.31. The van der Waals surface area contributed by atoms with Crippen LogP contribution in [0.25, 0.3) is 0 Å². The molecule has 0 radical (unpaired) electrons. The van der Waals surface area contributed by atoms with Crippen LogP contribution < -0.4 is 5.32 Å². The van der Waals surface area contributed by atoms with E-state index in [4.69, 9.17) is 0 Å². The second-order valence-electron chi connectivity index (χ2n) is 5.05. The van der Waals surface area contributed by atoms with Gasteiger partial charge >= 0.3 is 0 Å². The first-order chi connectivity index (χ1) is 8.86. The third-order valence-corrected chi connectivity index (χ3v) is 4.63. The van der Waals surface area contributed by atoms with Crippen LogP contribution in [0.15, 0.2) is 29.2 Å². The summed E-state index contributed by atoms with van der Waals surface area (Å²) in [7, 11) is -3.33. The van der Waals surface area contributed by atoms with Crippen molar-refractivity contribution in [3.05, 3.63) is 29.8 Å². The number of sulfone groups is 1. The highest BCUT2D eigenvalue weighted by atomic mass is 32.2. The zero-order valence-corrected chi connectivity index (χ0v) is 11.5. The van der Waals surface area contributed by atoms with Crippen LogP contribution in [0.3, 0.4) is 0 Å². The first-order valence-corrected chi connectivity index (χ1v) is 7.99. The fourth-order valence-corrected chi connectivity index (χ4v) is 2.77. The minimum absolute atomic E-state index is 0.0928. The molecule has 0 heterocycles. The van der Waals surface area contributed by atoms with Crippen LogP contribution in [0.2, 0.25) is 0 Å². The van der Waals surface area contributed by atoms with Crippen LogP contribution in [0.4, 0.5) is 0 Å². The minimum atomic E-state index is -3.33. The summed E-state index contributed by atoms with van der Waals surface area (Å²) < 4.78 is 22.9. The van der Waals surface area contributed by atoms with Gasteiger partial charge in [-0.15, -0.1) is 0 Å². The number of hydrogen-bond acceptors (Lipinski definition) is 4. The van der Waals surface area contributed by atoms with Crippen LogP contribution in [0.1, 0.15) is 29.6 Å². The summed E-state index contributed by atoms with van der Waals surface area (Å²) in [5.74, 6) is -0.348. The first kappa shape index (κ1) is 14.0. The molecule has 2 rings (SSSR count). The Labute approximate surface area is 112 Å². The summed E-state index contributed by atoms with van der Waals surface area (Å²) in [5.41, 5.74) is -0.235. The summed E-state index contributed by atoms with van der Waals surface area (Å²) in [6.45, 7) is -0.0928. The van der Waals surface area contributed by atoms with Gasteiger partial charge in [-0.1, -0.05) is 6.07 Å². The van der Waals surface area contributed by atoms with E-state index in [0.29, 0.717) is 5.56 Å². The number of aliphatic hydroxyl groups is 1. The van der Waals surface area contributed by atoms with E-state index in [1.54, 1.807) is 6.07 Å². The van der Waals surface area contributed by atoms with Crippen molar-refractivity contribution in [2.45, 2.75) is 29.7 Å². The van der Waals surface area contributed by atoms with Crippen molar-refractivity contribution in [1.82, 2.24) is 5.32 Å². The van der Waals surface area contributed by atoms with Gasteiger partial charge in [-0.2, -0.15) is 0 Å². The van der Waals surface area contributed by atoms with Crippen molar-refractivity contribution < 1.29 is 18.3 Å². The van der Waals surface area contributed by atoms with Crippen molar-refractivity contribution in [3.63, 3.8) is 0 Å². The fourth-order valence-electron chi connectivity index (χ4n) is 2.11. The number of rotatable bonds is 4. The van der Waals surface area contributed by atoms with Crippen molar-refractivity contribution >= 4 is 15.7 Å². The molecular formula is C13H17NO4S. The Morgan fingerprint density at radius 1 is 1.42 bits per heavy atom. The zero-order valence-electron chi connectivity index (χ0n) is 10.7. The summed E-state index contributed by atoms with van der Waals surface area (Å²) in [5, 5.41) is 12.1. The molecule has 104 valence electrons. The van der Waals surface area contributed by atoms with Gasteiger partial charge in [0.1, 0.15) is 0 Å². The van der Waals surface area contributed by atoms with Gasteiger partial charge in [0.15, 0.2) is 9.84 Å². The average Bonchev–Trinajstić information content (AvgIpc) is 2.32. The second-order valence-corrected chi connectivity index (χ2v) is 7.06. The summed E-state index contributed by atoms with van der Waals surface area (Å²) in [4.78, 5) is 12.2. The topological polar surface area (TPSA) is 83.5 Å². The quantitative estimate of drug-likeness (QED) is 0.853. The van der Waals surface area contributed by atoms with E-state index in [1.807, 2.05) is 0 Å². The van der Waals surface area contributed by atoms with Gasteiger partial charge in [0.05, 0.1) is 17.0 Å². The van der Waals surface area contributed by atoms with Crippen LogP contribution in [0, 0.1) is 0 Å². The van der Waals surface area contributed by atoms with Crippen LogP contribution >= 0.6 is 0 Å². The Balaban J connectivity index is 2.20. The number of carbonyl (C=O) groups is 1. The van der Waals surface area contributed by atoms with Crippen molar-refractivity contribution in [1.29, 1.82) is 0 Å². The summed E-state index contributed by atoms with van der Waals surface area (Å²) in [6, 6.07) is 5.91. The fraction of sp³-hybridized carbons (Fsp3) is 0.462. The average molecular weight is 283 g/mol. The SMILES string of the molecule is CS(=O)(=O)c1cccc(C(=O)NC2(CO)CCC2)c1. The Kier molecular flexibility index (Phi) is 3.64. The predicted molar refractivity (Wildman–Crippen MR) is 70.7 cm³/mol. The van der Waals surface area contributed by atoms with Crippen LogP contribution in [0.5, 0.6) is 0 Å². The van der Waals surface area contributed by atoms with E-state index in [2.05, 4.69) is 5.32 Å². The second kappa shape index (κ2) is 4.94. The monoisotopic (exact) mass is 283 g/mol. The molecule has 0 aliphatic heterocycles. The van der Waals surface area contributed by atoms with E-state index < -0.39 is 15.4 Å². The van der Waals surface area contributed by atoms with Gasteiger partial charge in [-0.3, -0.25) is 4.79 Å². The maximum atomic E-state index is 12.1. The van der Waals surface area contributed by atoms with E-state index in [9.17, 15) is 18.3 Å². The van der Waals surface area contributed by atoms with Crippen LogP contribution in [-0.2, 0) is 9.84 Å². The molecule has 1 aliphatic rings. The number of hydrogen-bond donors (Lipinski definition) is 2. The summed E-state index contributed by atoms with van der Waals surface area (Å²) in [6.07, 6.45) is 3.58. The van der Waals surface area contributed by atoms with Gasteiger partial charge < -0.3 is 10.4 Å². The molecule has 6 heteroatoms. The highest BCUT2D eigenvalue weighted by molar-refractivity contribution is 7.90. The molecule has 2 N–H and O–H groups in total. The third-order valence-electron chi connectivity index (χ3n) is 3.52. The standard InChI is InChI=1S/C13H17NO4S/c1-19(17,18)11-5-2-4-10(8-11)12(16)14-13(9-15)6-3-7-13/h2,4-5,8,15H,3,6-7,9H2,1H3,(H,14,16). The first-order valence-electron chi connectivity index (χ1n) is 6.10. The smallest absolute Gasteiger partial charge is 0.251 e. The van der Waals surface area contributed by atoms with Gasteiger partial charge in [-0.05, 0) is 37.5 Å². The van der Waals surface area contributed by atoms with E-state index in [-0.39, 0.29) is 17.4 Å². The van der Waals surface area contributed by atoms with E-state index in [1.165, 1.54) is 18.2 Å². The van der Waals surface area contributed by atoms with Gasteiger partial charge in [0.2, 0.25) is 0 Å². The van der Waals surface area contributed by atoms with Crippen molar-refractivity contribution in [2.75, 3.05) is 12.9 Å². The Morgan fingerprint density at radius 2 is 2.11 bits per heavy atom. The lowest BCUT2D eigenvalue weighted by molar-refractivity contribution is 0.0641. The van der Waals surface area contributed by atoms with Gasteiger partial charge in [0, 0.05) is 11.8 Å². The molecule has 19 heavy (non-hydrogen) atoms. The Hall–Kier alpha value is -1.40. The van der Waals surface area contributed by atoms with Gasteiger partial charge in [-0.25, -0.2) is 8.42 Å². The zero-order chi connectivity index (χ0) is 14.1. The lowest BCUT2D eigenvalue weighted by Gasteiger charge is -2.40. The molecular weight excluding hydrogens is 266 g/mol. The Morgan fingerprint density at radius 3 is 2.58 bits per heavy atom. The van der Waals surface area contributed by atoms with E-state index in [0.717, 1.165) is 25.5 Å². The molecule has 5 nitrogen and oxygen atoms in total. The lowest BCUT2D eigenvalue weighted by atomic mass is 9.77. The number of benzene rings is 1. The molecule has 0 spiro atoms. The summed E-state index contributed by atoms with van der Waals surface area (Å²) >= 11 is 0.